The van der Waals surface area contributed by atoms with Gasteiger partial charge in [-0.1, -0.05) is 47.5 Å². The van der Waals surface area contributed by atoms with E-state index in [1.54, 1.807) is 36.0 Å². The van der Waals surface area contributed by atoms with Gasteiger partial charge in [0, 0.05) is 17.3 Å². The summed E-state index contributed by atoms with van der Waals surface area (Å²) in [5, 5.41) is 10.1. The number of hydrogen-bond donors (Lipinski definition) is 0. The molecule has 0 unspecified atom stereocenters. The van der Waals surface area contributed by atoms with Crippen molar-refractivity contribution >= 4 is 23.2 Å². The Morgan fingerprint density at radius 3 is 2.21 bits per heavy atom. The third kappa shape index (κ3) is 3.95. The van der Waals surface area contributed by atoms with Crippen molar-refractivity contribution in [2.75, 3.05) is 14.2 Å². The molecular weight excluding hydrogens is 411 g/mol. The summed E-state index contributed by atoms with van der Waals surface area (Å²) < 4.78 is 14.2. The van der Waals surface area contributed by atoms with Crippen LogP contribution in [0.2, 0.25) is 10.0 Å². The van der Waals surface area contributed by atoms with E-state index in [4.69, 9.17) is 37.8 Å². The van der Waals surface area contributed by atoms with Crippen LogP contribution < -0.4 is 9.47 Å². The number of nitrogens with zero attached hydrogens (tertiary/aromatic N) is 4. The second-order valence-corrected chi connectivity index (χ2v) is 7.13. The molecule has 2 aromatic carbocycles. The summed E-state index contributed by atoms with van der Waals surface area (Å²) in [7, 11) is 3.26. The summed E-state index contributed by atoms with van der Waals surface area (Å²) in [6, 6.07) is 15.3. The minimum absolute atomic E-state index is 0.350. The van der Waals surface area contributed by atoms with Gasteiger partial charge in [-0.05, 0) is 24.3 Å². The van der Waals surface area contributed by atoms with Crippen molar-refractivity contribution in [3.8, 4) is 34.0 Å². The van der Waals surface area contributed by atoms with Crippen molar-refractivity contribution in [1.29, 1.82) is 0 Å². The molecule has 0 aliphatic carbocycles. The molecule has 0 N–H and O–H groups in total. The number of benzene rings is 2. The van der Waals surface area contributed by atoms with Crippen LogP contribution in [0.1, 0.15) is 0 Å². The number of halogens is 2. The first-order chi connectivity index (χ1) is 14.1. The van der Waals surface area contributed by atoms with E-state index in [2.05, 4.69) is 5.10 Å². The molecule has 0 saturated heterocycles. The van der Waals surface area contributed by atoms with E-state index in [1.165, 1.54) is 0 Å². The third-order valence-electron chi connectivity index (χ3n) is 4.46. The summed E-state index contributed by atoms with van der Waals surface area (Å²) in [5.41, 5.74) is 3.15. The number of ether oxygens (including phenoxy) is 2. The molecule has 0 aliphatic heterocycles. The van der Waals surface area contributed by atoms with E-state index in [0.717, 1.165) is 28.3 Å². The Morgan fingerprint density at radius 1 is 0.931 bits per heavy atom. The van der Waals surface area contributed by atoms with Gasteiger partial charge in [-0.25, -0.2) is 9.36 Å². The smallest absolute Gasteiger partial charge is 0.133 e. The van der Waals surface area contributed by atoms with E-state index in [0.29, 0.717) is 22.4 Å². The fraction of sp³-hybridized carbons (Fsp3) is 0.143. The van der Waals surface area contributed by atoms with Gasteiger partial charge in [-0.3, -0.25) is 0 Å². The Kier molecular flexibility index (Phi) is 5.47. The van der Waals surface area contributed by atoms with Crippen LogP contribution in [0.3, 0.4) is 0 Å². The van der Waals surface area contributed by atoms with Crippen molar-refractivity contribution in [1.82, 2.24) is 19.6 Å². The first kappa shape index (κ1) is 19.4. The lowest BCUT2D eigenvalue weighted by Gasteiger charge is -2.09. The number of hydrogen-bond acceptors (Lipinski definition) is 4. The number of aromatic nitrogens is 4. The van der Waals surface area contributed by atoms with Gasteiger partial charge in [0.15, 0.2) is 0 Å². The molecule has 0 spiro atoms. The lowest BCUT2D eigenvalue weighted by molar-refractivity contribution is 0.415. The van der Waals surface area contributed by atoms with Crippen molar-refractivity contribution < 1.29 is 9.47 Å². The fourth-order valence-electron chi connectivity index (χ4n) is 3.10. The van der Waals surface area contributed by atoms with E-state index in [9.17, 15) is 0 Å². The maximum absolute atomic E-state index is 6.84. The molecule has 0 amide bonds. The van der Waals surface area contributed by atoms with Crippen molar-refractivity contribution in [3.63, 3.8) is 0 Å². The molecule has 4 aromatic rings. The summed E-state index contributed by atoms with van der Waals surface area (Å²) >= 11 is 12.9. The Morgan fingerprint density at radius 2 is 1.59 bits per heavy atom. The first-order valence-corrected chi connectivity index (χ1v) is 9.57. The topological polar surface area (TPSA) is 54.1 Å². The minimum atomic E-state index is 0.350. The van der Waals surface area contributed by atoms with Crippen LogP contribution >= 0.6 is 23.2 Å². The van der Waals surface area contributed by atoms with Crippen LogP contribution in [0, 0.1) is 0 Å². The average Bonchev–Trinajstić information content (AvgIpc) is 3.30. The zero-order chi connectivity index (χ0) is 20.4. The Bertz CT molecular complexity index is 1150. The summed E-state index contributed by atoms with van der Waals surface area (Å²) in [4.78, 5) is 0. The van der Waals surface area contributed by atoms with E-state index >= 15 is 0 Å². The Labute approximate surface area is 178 Å². The second kappa shape index (κ2) is 8.19. The molecule has 0 aliphatic rings. The number of methoxy groups -OCH3 is 2. The third-order valence-corrected chi connectivity index (χ3v) is 5.01. The van der Waals surface area contributed by atoms with E-state index in [-0.39, 0.29) is 0 Å². The fourth-order valence-corrected chi connectivity index (χ4v) is 3.61. The maximum Gasteiger partial charge on any atom is 0.133 e. The van der Waals surface area contributed by atoms with Gasteiger partial charge in [0.25, 0.3) is 0 Å². The predicted octanol–water partition coefficient (Wildman–Crippen LogP) is 5.24. The van der Waals surface area contributed by atoms with Gasteiger partial charge in [-0.15, -0.1) is 0 Å². The van der Waals surface area contributed by atoms with Gasteiger partial charge < -0.3 is 9.47 Å². The average molecular weight is 429 g/mol. The highest BCUT2D eigenvalue weighted by atomic mass is 35.5. The maximum atomic E-state index is 6.84. The van der Waals surface area contributed by atoms with Gasteiger partial charge in [-0.2, -0.15) is 10.2 Å². The first-order valence-electron chi connectivity index (χ1n) is 8.82. The minimum Gasteiger partial charge on any atom is -0.497 e. The zero-order valence-corrected chi connectivity index (χ0v) is 17.4. The zero-order valence-electron chi connectivity index (χ0n) is 15.8. The van der Waals surface area contributed by atoms with Crippen LogP contribution in [0.5, 0.6) is 11.5 Å². The molecule has 8 heteroatoms. The van der Waals surface area contributed by atoms with Crippen LogP contribution in [-0.2, 0) is 6.67 Å². The lowest BCUT2D eigenvalue weighted by Crippen LogP contribution is -2.11. The molecule has 4 rings (SSSR count). The molecule has 0 bridgehead atoms. The summed E-state index contributed by atoms with van der Waals surface area (Å²) in [5.74, 6) is 1.46. The normalized spacial score (nSPS) is 10.9. The Balaban J connectivity index is 1.87. The molecule has 0 atom stereocenters. The van der Waals surface area contributed by atoms with E-state index < -0.39 is 0 Å². The van der Waals surface area contributed by atoms with Crippen LogP contribution in [-0.4, -0.2) is 33.8 Å². The molecular formula is C21H18Cl2N4O2. The molecule has 0 fully saturated rings. The molecule has 2 heterocycles. The van der Waals surface area contributed by atoms with Crippen molar-refractivity contribution in [3.05, 3.63) is 71.0 Å². The van der Waals surface area contributed by atoms with Crippen LogP contribution in [0.15, 0.2) is 60.9 Å². The van der Waals surface area contributed by atoms with Gasteiger partial charge in [0.05, 0.1) is 36.2 Å². The van der Waals surface area contributed by atoms with Crippen LogP contribution in [0.25, 0.3) is 22.5 Å². The largest absolute Gasteiger partial charge is 0.497 e. The predicted molar refractivity (Wildman–Crippen MR) is 114 cm³/mol. The van der Waals surface area contributed by atoms with Gasteiger partial charge >= 0.3 is 0 Å². The number of rotatable bonds is 6. The standard InChI is InChI=1S/C21H18Cl2N4O2/c1-28-17-7-3-5-14(9-17)20-19(23)21(15-6-4-8-18(10-15)29-2)27(25-20)13-26-12-16(22)11-24-26/h3-12H,13H2,1-2H3. The summed E-state index contributed by atoms with van der Waals surface area (Å²) in [6.07, 6.45) is 3.32. The highest BCUT2D eigenvalue weighted by molar-refractivity contribution is 6.35. The molecule has 148 valence electrons. The van der Waals surface area contributed by atoms with E-state index in [1.807, 2.05) is 48.5 Å². The quantitative estimate of drug-likeness (QED) is 0.421. The van der Waals surface area contributed by atoms with Gasteiger partial charge in [0.2, 0.25) is 0 Å². The molecule has 0 radical (unpaired) electrons. The lowest BCUT2D eigenvalue weighted by atomic mass is 10.1. The monoisotopic (exact) mass is 428 g/mol. The Hall–Kier alpha value is -2.96. The molecule has 29 heavy (non-hydrogen) atoms. The molecule has 6 nitrogen and oxygen atoms in total. The molecule has 2 aromatic heterocycles. The highest BCUT2D eigenvalue weighted by Crippen LogP contribution is 2.38. The van der Waals surface area contributed by atoms with Crippen LogP contribution in [0.4, 0.5) is 0 Å². The summed E-state index contributed by atoms with van der Waals surface area (Å²) in [6.45, 7) is 0.350. The van der Waals surface area contributed by atoms with Crippen molar-refractivity contribution in [2.45, 2.75) is 6.67 Å². The second-order valence-electron chi connectivity index (χ2n) is 6.31. The van der Waals surface area contributed by atoms with Gasteiger partial charge in [0.1, 0.15) is 23.9 Å². The molecule has 0 saturated carbocycles. The van der Waals surface area contributed by atoms with Crippen molar-refractivity contribution in [2.24, 2.45) is 0 Å². The highest BCUT2D eigenvalue weighted by Gasteiger charge is 2.20. The SMILES string of the molecule is COc1cccc(-c2nn(Cn3cc(Cl)cn3)c(-c3cccc(OC)c3)c2Cl)c1.